The molecule has 0 radical (unpaired) electrons. The maximum atomic E-state index is 12.8. The normalized spacial score (nSPS) is 21.4. The van der Waals surface area contributed by atoms with E-state index in [1.807, 2.05) is 67.6 Å². The summed E-state index contributed by atoms with van der Waals surface area (Å²) in [6, 6.07) is 23.0. The first-order chi connectivity index (χ1) is 18.1. The number of cyclic esters (lactones) is 1. The smallest absolute Gasteiger partial charge is 0.343 e. The van der Waals surface area contributed by atoms with E-state index in [2.05, 4.69) is 10.1 Å². The van der Waals surface area contributed by atoms with Crippen molar-refractivity contribution in [3.63, 3.8) is 0 Å². The van der Waals surface area contributed by atoms with E-state index in [0.717, 1.165) is 22.3 Å². The summed E-state index contributed by atoms with van der Waals surface area (Å²) in [4.78, 5) is 24.7. The van der Waals surface area contributed by atoms with Crippen LogP contribution < -0.4 is 5.32 Å². The summed E-state index contributed by atoms with van der Waals surface area (Å²) in [7, 11) is 0. The third-order valence-corrected chi connectivity index (χ3v) is 7.71. The highest BCUT2D eigenvalue weighted by Crippen LogP contribution is 2.31. The minimum Gasteiger partial charge on any atom is -0.461 e. The molecule has 5 atom stereocenters. The van der Waals surface area contributed by atoms with Crippen molar-refractivity contribution < 1.29 is 29.6 Å². The van der Waals surface area contributed by atoms with E-state index in [1.54, 1.807) is 12.1 Å². The van der Waals surface area contributed by atoms with Gasteiger partial charge in [-0.25, -0.2) is 4.79 Å². The second-order valence-electron chi connectivity index (χ2n) is 9.56. The van der Waals surface area contributed by atoms with Crippen molar-refractivity contribution >= 4 is 35.1 Å². The van der Waals surface area contributed by atoms with Gasteiger partial charge in [0.05, 0.1) is 16.5 Å². The van der Waals surface area contributed by atoms with Crippen molar-refractivity contribution in [1.29, 1.82) is 0 Å². The Bertz CT molecular complexity index is 1290. The second kappa shape index (κ2) is 11.8. The molecule has 0 saturated carbocycles. The van der Waals surface area contributed by atoms with Gasteiger partial charge < -0.3 is 25.4 Å². The van der Waals surface area contributed by atoms with Gasteiger partial charge in [0, 0.05) is 12.0 Å². The van der Waals surface area contributed by atoms with Gasteiger partial charge in [0.25, 0.3) is 0 Å². The van der Waals surface area contributed by atoms with Crippen LogP contribution in [-0.4, -0.2) is 57.7 Å². The SMILES string of the molecule is C[C@H](NC(=O)CC(O)C1(O)C(=O)OCC1O)[C@@H](Cc1ccc(Cl)c(Cl)c1)c1ccc(-c2ccccc2)cc1. The summed E-state index contributed by atoms with van der Waals surface area (Å²) in [6.45, 7) is 1.39. The first kappa shape index (κ1) is 28.1. The molecule has 1 aliphatic rings. The highest BCUT2D eigenvalue weighted by Gasteiger charge is 2.56. The summed E-state index contributed by atoms with van der Waals surface area (Å²) in [5, 5.41) is 34.5. The molecule has 1 fully saturated rings. The molecule has 1 aliphatic heterocycles. The van der Waals surface area contributed by atoms with Crippen LogP contribution in [0.25, 0.3) is 11.1 Å². The topological polar surface area (TPSA) is 116 Å². The molecule has 200 valence electrons. The molecule has 3 unspecified atom stereocenters. The Morgan fingerprint density at radius 2 is 1.71 bits per heavy atom. The number of hydrogen-bond donors (Lipinski definition) is 4. The highest BCUT2D eigenvalue weighted by molar-refractivity contribution is 6.42. The number of amides is 1. The number of benzene rings is 3. The minimum atomic E-state index is -2.55. The summed E-state index contributed by atoms with van der Waals surface area (Å²) in [5.74, 6) is -1.94. The fourth-order valence-corrected chi connectivity index (χ4v) is 5.01. The molecule has 1 saturated heterocycles. The number of halogens is 2. The molecule has 1 heterocycles. The number of rotatable bonds is 9. The molecule has 0 aliphatic carbocycles. The minimum absolute atomic E-state index is 0.191. The Kier molecular flexibility index (Phi) is 8.75. The zero-order valence-corrected chi connectivity index (χ0v) is 22.2. The molecule has 3 aromatic rings. The quantitative estimate of drug-likeness (QED) is 0.296. The highest BCUT2D eigenvalue weighted by atomic mass is 35.5. The van der Waals surface area contributed by atoms with Crippen LogP contribution in [0.3, 0.4) is 0 Å². The van der Waals surface area contributed by atoms with E-state index in [1.165, 1.54) is 0 Å². The van der Waals surface area contributed by atoms with Crippen LogP contribution in [0.15, 0.2) is 72.8 Å². The predicted molar refractivity (Wildman–Crippen MR) is 145 cm³/mol. The fourth-order valence-electron chi connectivity index (χ4n) is 4.69. The van der Waals surface area contributed by atoms with Crippen molar-refractivity contribution in [2.24, 2.45) is 0 Å². The third-order valence-electron chi connectivity index (χ3n) is 6.97. The number of aliphatic hydroxyl groups excluding tert-OH is 2. The Labute approximate surface area is 231 Å². The van der Waals surface area contributed by atoms with Gasteiger partial charge in [-0.2, -0.15) is 0 Å². The molecule has 38 heavy (non-hydrogen) atoms. The van der Waals surface area contributed by atoms with Crippen LogP contribution in [0.4, 0.5) is 0 Å². The van der Waals surface area contributed by atoms with Gasteiger partial charge in [0.2, 0.25) is 11.5 Å². The van der Waals surface area contributed by atoms with E-state index < -0.39 is 48.8 Å². The number of carbonyl (C=O) groups excluding carboxylic acids is 2. The zero-order chi connectivity index (χ0) is 27.4. The number of nitrogens with one attached hydrogen (secondary N) is 1. The molecular formula is C29H29Cl2NO6. The average molecular weight is 558 g/mol. The molecule has 4 N–H and O–H groups in total. The standard InChI is InChI=1S/C29H29Cl2NO6/c1-17(32-27(35)15-25(33)29(37)26(34)16-38-28(29)36)22(13-18-7-12-23(30)24(31)14-18)21-10-8-20(9-11-21)19-5-3-2-4-6-19/h2-12,14,17,22,25-26,33-34,37H,13,15-16H2,1H3,(H,32,35)/t17-,22+,25?,26?,29?/m0/s1. The Balaban J connectivity index is 1.54. The largest absolute Gasteiger partial charge is 0.461 e. The maximum absolute atomic E-state index is 12.8. The molecule has 7 nitrogen and oxygen atoms in total. The lowest BCUT2D eigenvalue weighted by molar-refractivity contribution is -0.172. The first-order valence-corrected chi connectivity index (χ1v) is 13.0. The molecule has 0 aromatic heterocycles. The van der Waals surface area contributed by atoms with Crippen LogP contribution in [-0.2, 0) is 20.7 Å². The van der Waals surface area contributed by atoms with Gasteiger partial charge in [-0.3, -0.25) is 4.79 Å². The van der Waals surface area contributed by atoms with Gasteiger partial charge >= 0.3 is 5.97 Å². The van der Waals surface area contributed by atoms with Crippen LogP contribution in [0.1, 0.15) is 30.4 Å². The van der Waals surface area contributed by atoms with Crippen LogP contribution in [0.5, 0.6) is 0 Å². The molecular weight excluding hydrogens is 529 g/mol. The molecule has 3 aromatic carbocycles. The second-order valence-corrected chi connectivity index (χ2v) is 10.4. The van der Waals surface area contributed by atoms with Crippen LogP contribution in [0.2, 0.25) is 10.0 Å². The van der Waals surface area contributed by atoms with Crippen LogP contribution >= 0.6 is 23.2 Å². The lowest BCUT2D eigenvalue weighted by Crippen LogP contribution is -2.56. The molecule has 1 amide bonds. The number of hydrogen-bond acceptors (Lipinski definition) is 6. The molecule has 0 bridgehead atoms. The lowest BCUT2D eigenvalue weighted by Gasteiger charge is -2.29. The van der Waals surface area contributed by atoms with Crippen molar-refractivity contribution in [1.82, 2.24) is 5.32 Å². The predicted octanol–water partition coefficient (Wildman–Crippen LogP) is 3.89. The molecule has 9 heteroatoms. The Hall–Kier alpha value is -2.94. The number of esters is 1. The van der Waals surface area contributed by atoms with Gasteiger partial charge in [0.15, 0.2) is 0 Å². The fraction of sp³-hybridized carbons (Fsp3) is 0.310. The van der Waals surface area contributed by atoms with Crippen molar-refractivity contribution in [2.45, 2.75) is 49.5 Å². The number of ether oxygens (including phenoxy) is 1. The average Bonchev–Trinajstić information content (AvgIpc) is 3.18. The van der Waals surface area contributed by atoms with E-state index >= 15 is 0 Å². The monoisotopic (exact) mass is 557 g/mol. The summed E-state index contributed by atoms with van der Waals surface area (Å²) >= 11 is 12.3. The van der Waals surface area contributed by atoms with E-state index in [9.17, 15) is 24.9 Å². The third kappa shape index (κ3) is 6.03. The Morgan fingerprint density at radius 1 is 1.05 bits per heavy atom. The Morgan fingerprint density at radius 3 is 2.32 bits per heavy atom. The molecule has 0 spiro atoms. The molecule has 4 rings (SSSR count). The van der Waals surface area contributed by atoms with E-state index in [-0.39, 0.29) is 5.92 Å². The zero-order valence-electron chi connectivity index (χ0n) is 20.7. The van der Waals surface area contributed by atoms with Gasteiger partial charge in [0.1, 0.15) is 18.8 Å². The lowest BCUT2D eigenvalue weighted by atomic mass is 9.85. The van der Waals surface area contributed by atoms with Crippen molar-refractivity contribution in [3.8, 4) is 11.1 Å². The van der Waals surface area contributed by atoms with Crippen molar-refractivity contribution in [3.05, 3.63) is 94.0 Å². The first-order valence-electron chi connectivity index (χ1n) is 12.2. The van der Waals surface area contributed by atoms with Gasteiger partial charge in [-0.1, -0.05) is 83.9 Å². The summed E-state index contributed by atoms with van der Waals surface area (Å²) in [6.07, 6.45) is -3.53. The van der Waals surface area contributed by atoms with Crippen LogP contribution in [0, 0.1) is 0 Å². The van der Waals surface area contributed by atoms with Gasteiger partial charge in [-0.15, -0.1) is 0 Å². The van der Waals surface area contributed by atoms with E-state index in [0.29, 0.717) is 16.5 Å². The summed E-state index contributed by atoms with van der Waals surface area (Å²) < 4.78 is 4.64. The van der Waals surface area contributed by atoms with Crippen molar-refractivity contribution in [2.75, 3.05) is 6.61 Å². The number of aliphatic hydroxyl groups is 3. The van der Waals surface area contributed by atoms with E-state index in [4.69, 9.17) is 23.2 Å². The number of carbonyl (C=O) groups is 2. The summed E-state index contributed by atoms with van der Waals surface area (Å²) in [5.41, 5.74) is 1.48. The maximum Gasteiger partial charge on any atom is 0.343 e. The van der Waals surface area contributed by atoms with Gasteiger partial charge in [-0.05, 0) is 47.7 Å².